The smallest absolute Gasteiger partial charge is 0.142 e. The quantitative estimate of drug-likeness (QED) is 0.890. The minimum absolute atomic E-state index is 0.362. The van der Waals surface area contributed by atoms with Crippen molar-refractivity contribution in [1.29, 1.82) is 0 Å². The van der Waals surface area contributed by atoms with Gasteiger partial charge in [-0.2, -0.15) is 5.10 Å². The molecule has 1 aliphatic rings. The molecule has 0 aromatic carbocycles. The summed E-state index contributed by atoms with van der Waals surface area (Å²) in [6, 6.07) is 1.56. The van der Waals surface area contributed by atoms with Crippen molar-refractivity contribution in [2.45, 2.75) is 71.6 Å². The Morgan fingerprint density at radius 3 is 2.61 bits per heavy atom. The van der Waals surface area contributed by atoms with Gasteiger partial charge in [0.05, 0.1) is 6.54 Å². The summed E-state index contributed by atoms with van der Waals surface area (Å²) >= 11 is 0. The van der Waals surface area contributed by atoms with Gasteiger partial charge in [0.2, 0.25) is 0 Å². The third-order valence-corrected chi connectivity index (χ3v) is 3.75. The van der Waals surface area contributed by atoms with Crippen LogP contribution in [0.1, 0.15) is 58.8 Å². The van der Waals surface area contributed by atoms with Crippen molar-refractivity contribution in [2.75, 3.05) is 0 Å². The third-order valence-electron chi connectivity index (χ3n) is 3.75. The Balaban J connectivity index is 1.96. The first-order chi connectivity index (χ1) is 8.59. The topological polar surface area (TPSA) is 46.0 Å². The average Bonchev–Trinajstić information content (AvgIpc) is 2.76. The number of nitrogens with zero attached hydrogens (tertiary/aromatic N) is 4. The Labute approximate surface area is 110 Å². The maximum absolute atomic E-state index is 4.33. The van der Waals surface area contributed by atoms with E-state index in [9.17, 15) is 0 Å². The maximum Gasteiger partial charge on any atom is 0.142 e. The van der Waals surface area contributed by atoms with Gasteiger partial charge in [-0.15, -0.1) is 0 Å². The first-order valence-electron chi connectivity index (χ1n) is 6.99. The summed E-state index contributed by atoms with van der Waals surface area (Å²) in [6.07, 6.45) is 5.52. The van der Waals surface area contributed by atoms with Crippen molar-refractivity contribution < 1.29 is 0 Å². The zero-order chi connectivity index (χ0) is 13.1. The monoisotopic (exact) mass is 251 g/mol. The van der Waals surface area contributed by atoms with Crippen LogP contribution in [0.3, 0.4) is 0 Å². The van der Waals surface area contributed by atoms with Crippen molar-refractivity contribution >= 4 is 0 Å². The van der Waals surface area contributed by atoms with Crippen LogP contribution >= 0.6 is 0 Å². The molecular formula is C13H25N5. The summed E-state index contributed by atoms with van der Waals surface area (Å²) in [5.41, 5.74) is 3.53. The van der Waals surface area contributed by atoms with E-state index in [4.69, 9.17) is 0 Å². The molecule has 0 aliphatic carbocycles. The normalized spacial score (nSPS) is 25.8. The fourth-order valence-corrected chi connectivity index (χ4v) is 2.73. The average molecular weight is 251 g/mol. The Bertz CT molecular complexity index is 363. The number of aromatic nitrogens is 3. The molecule has 1 N–H and O–H groups in total. The molecule has 0 radical (unpaired) electrons. The van der Waals surface area contributed by atoms with Crippen LogP contribution in [-0.2, 0) is 6.54 Å². The van der Waals surface area contributed by atoms with Gasteiger partial charge >= 0.3 is 0 Å². The van der Waals surface area contributed by atoms with Gasteiger partial charge in [0.15, 0.2) is 0 Å². The number of piperidine rings is 1. The van der Waals surface area contributed by atoms with Gasteiger partial charge in [-0.25, -0.2) is 20.1 Å². The molecule has 1 aromatic heterocycles. The molecule has 0 saturated carbocycles. The molecule has 2 unspecified atom stereocenters. The van der Waals surface area contributed by atoms with Gasteiger partial charge in [-0.3, -0.25) is 0 Å². The van der Waals surface area contributed by atoms with E-state index in [-0.39, 0.29) is 0 Å². The molecule has 0 amide bonds. The molecule has 1 aliphatic heterocycles. The lowest BCUT2D eigenvalue weighted by Gasteiger charge is -2.39. The lowest BCUT2D eigenvalue weighted by Crippen LogP contribution is -2.51. The zero-order valence-corrected chi connectivity index (χ0v) is 11.9. The largest absolute Gasteiger partial charge is 0.247 e. The van der Waals surface area contributed by atoms with Crippen LogP contribution in [-0.4, -0.2) is 31.9 Å². The molecule has 2 heterocycles. The van der Waals surface area contributed by atoms with E-state index in [1.165, 1.54) is 19.3 Å². The van der Waals surface area contributed by atoms with Gasteiger partial charge in [-0.05, 0) is 40.5 Å². The van der Waals surface area contributed by atoms with Gasteiger partial charge in [0, 0.05) is 18.1 Å². The van der Waals surface area contributed by atoms with E-state index in [0.29, 0.717) is 18.1 Å². The summed E-state index contributed by atoms with van der Waals surface area (Å²) in [5.74, 6) is 1.01. The molecule has 1 fully saturated rings. The number of hydrazine groups is 1. The fourth-order valence-electron chi connectivity index (χ4n) is 2.73. The Kier molecular flexibility index (Phi) is 4.35. The molecule has 5 nitrogen and oxygen atoms in total. The van der Waals surface area contributed by atoms with Crippen molar-refractivity contribution in [3.8, 4) is 0 Å². The van der Waals surface area contributed by atoms with Crippen LogP contribution in [0.5, 0.6) is 0 Å². The minimum Gasteiger partial charge on any atom is -0.247 e. The van der Waals surface area contributed by atoms with Crippen molar-refractivity contribution in [3.05, 3.63) is 12.2 Å². The van der Waals surface area contributed by atoms with E-state index in [1.54, 1.807) is 6.33 Å². The lowest BCUT2D eigenvalue weighted by molar-refractivity contribution is 0.0420. The summed E-state index contributed by atoms with van der Waals surface area (Å²) < 4.78 is 1.98. The molecule has 1 saturated heterocycles. The highest BCUT2D eigenvalue weighted by Crippen LogP contribution is 2.20. The highest BCUT2D eigenvalue weighted by Gasteiger charge is 2.24. The minimum atomic E-state index is 0.362. The maximum atomic E-state index is 4.33. The third kappa shape index (κ3) is 2.90. The van der Waals surface area contributed by atoms with Crippen LogP contribution in [0, 0.1) is 0 Å². The van der Waals surface area contributed by atoms with Gasteiger partial charge in [-0.1, -0.05) is 6.42 Å². The molecule has 2 rings (SSSR count). The highest BCUT2D eigenvalue weighted by molar-refractivity contribution is 4.86. The van der Waals surface area contributed by atoms with Crippen LogP contribution in [0.15, 0.2) is 6.33 Å². The highest BCUT2D eigenvalue weighted by atomic mass is 15.5. The molecule has 0 spiro atoms. The number of nitrogens with one attached hydrogen (secondary N) is 1. The second-order valence-corrected chi connectivity index (χ2v) is 5.59. The SMILES string of the molecule is CC1CCCC(C)N1NCc1ncnn1C(C)C. The van der Waals surface area contributed by atoms with Gasteiger partial charge in [0.1, 0.15) is 12.2 Å². The van der Waals surface area contributed by atoms with E-state index >= 15 is 0 Å². The predicted molar refractivity (Wildman–Crippen MR) is 71.9 cm³/mol. The number of hydrogen-bond acceptors (Lipinski definition) is 4. The standard InChI is InChI=1S/C13H25N5/c1-10(2)17-13(14-9-16-17)8-15-18-11(3)6-5-7-12(18)4/h9-12,15H,5-8H2,1-4H3. The zero-order valence-electron chi connectivity index (χ0n) is 11.9. The van der Waals surface area contributed by atoms with Crippen LogP contribution < -0.4 is 5.43 Å². The summed E-state index contributed by atoms with van der Waals surface area (Å²) in [5, 5.41) is 6.64. The van der Waals surface area contributed by atoms with E-state index in [0.717, 1.165) is 12.4 Å². The Morgan fingerprint density at radius 1 is 1.33 bits per heavy atom. The van der Waals surface area contributed by atoms with Crippen molar-refractivity contribution in [2.24, 2.45) is 0 Å². The summed E-state index contributed by atoms with van der Waals surface area (Å²) in [4.78, 5) is 4.33. The molecule has 18 heavy (non-hydrogen) atoms. The van der Waals surface area contributed by atoms with Crippen LogP contribution in [0.25, 0.3) is 0 Å². The van der Waals surface area contributed by atoms with E-state index < -0.39 is 0 Å². The first kappa shape index (κ1) is 13.5. The van der Waals surface area contributed by atoms with E-state index in [2.05, 4.69) is 48.2 Å². The van der Waals surface area contributed by atoms with Crippen molar-refractivity contribution in [1.82, 2.24) is 25.2 Å². The Morgan fingerprint density at radius 2 is 2.00 bits per heavy atom. The fraction of sp³-hybridized carbons (Fsp3) is 0.846. The second kappa shape index (κ2) is 5.80. The van der Waals surface area contributed by atoms with Gasteiger partial charge in [0.25, 0.3) is 0 Å². The summed E-state index contributed by atoms with van der Waals surface area (Å²) in [6.45, 7) is 9.59. The molecule has 5 heteroatoms. The van der Waals surface area contributed by atoms with E-state index in [1.807, 2.05) is 4.68 Å². The molecule has 2 atom stereocenters. The molecule has 0 bridgehead atoms. The van der Waals surface area contributed by atoms with Crippen LogP contribution in [0.2, 0.25) is 0 Å². The first-order valence-corrected chi connectivity index (χ1v) is 6.99. The summed E-state index contributed by atoms with van der Waals surface area (Å²) in [7, 11) is 0. The number of hydrogen-bond donors (Lipinski definition) is 1. The predicted octanol–water partition coefficient (Wildman–Crippen LogP) is 2.13. The van der Waals surface area contributed by atoms with Crippen LogP contribution in [0.4, 0.5) is 0 Å². The molecule has 1 aromatic rings. The Hall–Kier alpha value is -0.940. The molecule has 102 valence electrons. The lowest BCUT2D eigenvalue weighted by atomic mass is 10.00. The molecular weight excluding hydrogens is 226 g/mol. The number of rotatable bonds is 4. The van der Waals surface area contributed by atoms with Crippen molar-refractivity contribution in [3.63, 3.8) is 0 Å². The second-order valence-electron chi connectivity index (χ2n) is 5.59. The van der Waals surface area contributed by atoms with Gasteiger partial charge < -0.3 is 0 Å².